The average molecular weight is 325 g/mol. The summed E-state index contributed by atoms with van der Waals surface area (Å²) in [4.78, 5) is 20.4. The summed E-state index contributed by atoms with van der Waals surface area (Å²) >= 11 is 7.14. The van der Waals surface area contributed by atoms with Crippen LogP contribution in [0.25, 0.3) is 11.4 Å². The van der Waals surface area contributed by atoms with Gasteiger partial charge in [-0.15, -0.1) is 0 Å². The van der Waals surface area contributed by atoms with E-state index in [1.807, 2.05) is 0 Å². The molecule has 2 aromatic heterocycles. The monoisotopic (exact) mass is 324 g/mol. The minimum Gasteiger partial charge on any atom is -0.381 e. The highest BCUT2D eigenvalue weighted by Crippen LogP contribution is 2.26. The van der Waals surface area contributed by atoms with Crippen LogP contribution in [0.3, 0.4) is 0 Å². The van der Waals surface area contributed by atoms with Crippen molar-refractivity contribution in [2.24, 2.45) is 5.92 Å². The number of carbonyl (C=O) groups is 1. The lowest BCUT2D eigenvalue weighted by Gasteiger charge is -2.20. The number of rotatable bonds is 3. The number of nitrogens with one attached hydrogen (secondary N) is 1. The van der Waals surface area contributed by atoms with E-state index < -0.39 is 0 Å². The Morgan fingerprint density at radius 1 is 1.43 bits per heavy atom. The van der Waals surface area contributed by atoms with Gasteiger partial charge in [-0.05, 0) is 25.0 Å². The van der Waals surface area contributed by atoms with Crippen LogP contribution in [0.1, 0.15) is 12.8 Å². The van der Waals surface area contributed by atoms with Crippen LogP contribution in [-0.4, -0.2) is 33.5 Å². The molecule has 3 rings (SSSR count). The van der Waals surface area contributed by atoms with Crippen LogP contribution in [0, 0.1) is 5.92 Å². The summed E-state index contributed by atoms with van der Waals surface area (Å²) in [6.07, 6.45) is 3.09. The van der Waals surface area contributed by atoms with Crippen LogP contribution < -0.4 is 5.32 Å². The molecule has 21 heavy (non-hydrogen) atoms. The van der Waals surface area contributed by atoms with E-state index in [0.29, 0.717) is 34.9 Å². The van der Waals surface area contributed by atoms with E-state index in [0.717, 1.165) is 24.4 Å². The number of anilines is 1. The molecular weight excluding hydrogens is 312 g/mol. The van der Waals surface area contributed by atoms with Crippen LogP contribution in [0.15, 0.2) is 18.3 Å². The van der Waals surface area contributed by atoms with E-state index in [1.54, 1.807) is 18.3 Å². The highest BCUT2D eigenvalue weighted by atomic mass is 35.5. The van der Waals surface area contributed by atoms with Gasteiger partial charge in [-0.25, -0.2) is 4.98 Å². The standard InChI is InChI=1S/C13H13ClN4O2S/c14-10-9(2-1-5-15-10)11-16-13(21-18-11)17-12(19)8-3-6-20-7-4-8/h1-2,5,8H,3-4,6-7H2,(H,16,17,18,19). The zero-order chi connectivity index (χ0) is 14.7. The predicted molar refractivity (Wildman–Crippen MR) is 80.3 cm³/mol. The minimum atomic E-state index is -0.0294. The molecule has 0 aliphatic carbocycles. The van der Waals surface area contributed by atoms with Gasteiger partial charge in [-0.2, -0.15) is 9.36 Å². The highest BCUT2D eigenvalue weighted by Gasteiger charge is 2.22. The summed E-state index contributed by atoms with van der Waals surface area (Å²) in [6, 6.07) is 3.56. The van der Waals surface area contributed by atoms with E-state index in [2.05, 4.69) is 19.7 Å². The number of ether oxygens (including phenoxy) is 1. The molecule has 0 spiro atoms. The van der Waals surface area contributed by atoms with Gasteiger partial charge in [0.15, 0.2) is 5.82 Å². The maximum Gasteiger partial charge on any atom is 0.229 e. The van der Waals surface area contributed by atoms with E-state index >= 15 is 0 Å². The fraction of sp³-hybridized carbons (Fsp3) is 0.385. The SMILES string of the molecule is O=C(Nc1nc(-c2cccnc2Cl)ns1)C1CCOCC1. The molecule has 0 aromatic carbocycles. The van der Waals surface area contributed by atoms with Crippen molar-refractivity contribution < 1.29 is 9.53 Å². The van der Waals surface area contributed by atoms with Crippen molar-refractivity contribution in [2.45, 2.75) is 12.8 Å². The molecular formula is C13H13ClN4O2S. The molecule has 1 aliphatic rings. The number of hydrogen-bond donors (Lipinski definition) is 1. The number of halogens is 1. The number of carbonyl (C=O) groups excluding carboxylic acids is 1. The number of pyridine rings is 1. The van der Waals surface area contributed by atoms with Crippen LogP contribution in [0.5, 0.6) is 0 Å². The molecule has 6 nitrogen and oxygen atoms in total. The van der Waals surface area contributed by atoms with Crippen molar-refractivity contribution in [1.82, 2.24) is 14.3 Å². The van der Waals surface area contributed by atoms with Crippen molar-refractivity contribution in [3.8, 4) is 11.4 Å². The molecule has 0 atom stereocenters. The van der Waals surface area contributed by atoms with Gasteiger partial charge in [0.1, 0.15) is 5.15 Å². The van der Waals surface area contributed by atoms with E-state index in [9.17, 15) is 4.79 Å². The predicted octanol–water partition coefficient (Wildman–Crippen LogP) is 2.62. The number of aromatic nitrogens is 3. The van der Waals surface area contributed by atoms with Crippen LogP contribution in [0.4, 0.5) is 5.13 Å². The largest absolute Gasteiger partial charge is 0.381 e. The zero-order valence-electron chi connectivity index (χ0n) is 11.1. The first-order chi connectivity index (χ1) is 10.2. The molecule has 1 amide bonds. The Labute approximate surface area is 130 Å². The molecule has 1 fully saturated rings. The Morgan fingerprint density at radius 2 is 2.24 bits per heavy atom. The Balaban J connectivity index is 1.70. The lowest BCUT2D eigenvalue weighted by atomic mass is 10.00. The van der Waals surface area contributed by atoms with Crippen LogP contribution in [0.2, 0.25) is 5.15 Å². The van der Waals surface area contributed by atoms with E-state index in [1.165, 1.54) is 0 Å². The summed E-state index contributed by atoms with van der Waals surface area (Å²) in [7, 11) is 0. The van der Waals surface area contributed by atoms with Gasteiger partial charge in [-0.1, -0.05) is 11.6 Å². The van der Waals surface area contributed by atoms with Gasteiger partial charge >= 0.3 is 0 Å². The third kappa shape index (κ3) is 3.37. The second-order valence-electron chi connectivity index (χ2n) is 4.64. The maximum absolute atomic E-state index is 12.1. The normalized spacial score (nSPS) is 15.9. The zero-order valence-corrected chi connectivity index (χ0v) is 12.7. The fourth-order valence-electron chi connectivity index (χ4n) is 2.10. The van der Waals surface area contributed by atoms with Crippen molar-refractivity contribution >= 4 is 34.2 Å². The van der Waals surface area contributed by atoms with Crippen molar-refractivity contribution in [2.75, 3.05) is 18.5 Å². The number of hydrogen-bond acceptors (Lipinski definition) is 6. The molecule has 0 radical (unpaired) electrons. The number of nitrogens with zero attached hydrogens (tertiary/aromatic N) is 3. The first kappa shape index (κ1) is 14.4. The molecule has 0 saturated carbocycles. The second-order valence-corrected chi connectivity index (χ2v) is 5.75. The summed E-state index contributed by atoms with van der Waals surface area (Å²) in [5, 5.41) is 3.63. The highest BCUT2D eigenvalue weighted by molar-refractivity contribution is 7.10. The first-order valence-corrected chi connectivity index (χ1v) is 7.72. The average Bonchev–Trinajstić information content (AvgIpc) is 2.97. The minimum absolute atomic E-state index is 0.0203. The van der Waals surface area contributed by atoms with Gasteiger partial charge in [0, 0.05) is 36.9 Å². The summed E-state index contributed by atoms with van der Waals surface area (Å²) in [5.41, 5.74) is 0.655. The summed E-state index contributed by atoms with van der Waals surface area (Å²) in [6.45, 7) is 1.26. The van der Waals surface area contributed by atoms with Gasteiger partial charge < -0.3 is 10.1 Å². The molecule has 0 bridgehead atoms. The third-order valence-electron chi connectivity index (χ3n) is 3.25. The van der Waals surface area contributed by atoms with Gasteiger partial charge in [-0.3, -0.25) is 4.79 Å². The molecule has 0 unspecified atom stereocenters. The van der Waals surface area contributed by atoms with Crippen molar-refractivity contribution in [1.29, 1.82) is 0 Å². The topological polar surface area (TPSA) is 77.0 Å². The molecule has 3 heterocycles. The number of amides is 1. The van der Waals surface area contributed by atoms with Crippen molar-refractivity contribution in [3.05, 3.63) is 23.5 Å². The van der Waals surface area contributed by atoms with E-state index in [4.69, 9.17) is 16.3 Å². The van der Waals surface area contributed by atoms with Gasteiger partial charge in [0.25, 0.3) is 0 Å². The molecule has 1 aliphatic heterocycles. The lowest BCUT2D eigenvalue weighted by molar-refractivity contribution is -0.122. The summed E-state index contributed by atoms with van der Waals surface area (Å²) < 4.78 is 9.46. The third-order valence-corrected chi connectivity index (χ3v) is 4.18. The van der Waals surface area contributed by atoms with Crippen molar-refractivity contribution in [3.63, 3.8) is 0 Å². The van der Waals surface area contributed by atoms with E-state index in [-0.39, 0.29) is 11.8 Å². The summed E-state index contributed by atoms with van der Waals surface area (Å²) in [5.74, 6) is 0.423. The molecule has 1 saturated heterocycles. The first-order valence-electron chi connectivity index (χ1n) is 6.57. The van der Waals surface area contributed by atoms with Gasteiger partial charge in [0.05, 0.1) is 5.56 Å². The van der Waals surface area contributed by atoms with Crippen LogP contribution in [-0.2, 0) is 9.53 Å². The Bertz CT molecular complexity index is 643. The molecule has 1 N–H and O–H groups in total. The Kier molecular flexibility index (Phi) is 4.42. The quantitative estimate of drug-likeness (QED) is 0.878. The maximum atomic E-state index is 12.1. The Hall–Kier alpha value is -1.57. The second kappa shape index (κ2) is 6.46. The van der Waals surface area contributed by atoms with Crippen LogP contribution >= 0.6 is 23.1 Å². The molecule has 110 valence electrons. The molecule has 2 aromatic rings. The Morgan fingerprint density at radius 3 is 3.00 bits per heavy atom. The fourth-order valence-corrected chi connectivity index (χ4v) is 2.89. The lowest BCUT2D eigenvalue weighted by Crippen LogP contribution is -2.28. The van der Waals surface area contributed by atoms with Gasteiger partial charge in [0.2, 0.25) is 11.0 Å². The smallest absolute Gasteiger partial charge is 0.229 e. The molecule has 8 heteroatoms.